The maximum absolute atomic E-state index is 12.1. The number of amides is 2. The van der Waals surface area contributed by atoms with Crippen LogP contribution in [-0.4, -0.2) is 25.6 Å². The topological polar surface area (TPSA) is 108 Å². The molecule has 0 aliphatic heterocycles. The molecule has 1 aromatic carbocycles. The number of halogens is 1. The largest absolute Gasteiger partial charge is 0.504 e. The van der Waals surface area contributed by atoms with E-state index in [2.05, 4.69) is 15.4 Å². The molecule has 2 amide bonds. The van der Waals surface area contributed by atoms with Crippen molar-refractivity contribution in [1.29, 1.82) is 0 Å². The Morgan fingerprint density at radius 3 is 2.52 bits per heavy atom. The third-order valence-corrected chi connectivity index (χ3v) is 6.73. The number of urea groups is 1. The first-order valence-electron chi connectivity index (χ1n) is 7.27. The van der Waals surface area contributed by atoms with E-state index in [9.17, 15) is 18.3 Å². The summed E-state index contributed by atoms with van der Waals surface area (Å²) in [7, 11) is -3.85. The molecular formula is C15H18ClN3O4S2. The van der Waals surface area contributed by atoms with Crippen LogP contribution in [0.5, 0.6) is 5.75 Å². The third-order valence-electron chi connectivity index (χ3n) is 3.06. The van der Waals surface area contributed by atoms with Gasteiger partial charge in [0.2, 0.25) is 0 Å². The molecule has 0 aliphatic rings. The van der Waals surface area contributed by atoms with Crippen LogP contribution >= 0.6 is 22.9 Å². The van der Waals surface area contributed by atoms with Gasteiger partial charge in [0.25, 0.3) is 10.0 Å². The summed E-state index contributed by atoms with van der Waals surface area (Å²) >= 11 is 6.92. The molecule has 1 heterocycles. The van der Waals surface area contributed by atoms with E-state index in [4.69, 9.17) is 11.6 Å². The smallest absolute Gasteiger partial charge is 0.323 e. The minimum absolute atomic E-state index is 0.00425. The van der Waals surface area contributed by atoms with Gasteiger partial charge < -0.3 is 15.7 Å². The molecule has 2 rings (SSSR count). The number of hydrogen-bond donors (Lipinski definition) is 4. The summed E-state index contributed by atoms with van der Waals surface area (Å²) < 4.78 is 26.4. The minimum Gasteiger partial charge on any atom is -0.504 e. The molecule has 0 saturated heterocycles. The standard InChI is InChI=1S/C15H18ClN3O4S2/c1-8(2)19-25(22,23)14-13(20)11(7-24-14)18-15(21)17-10-6-4-5-9(3)12(10)16/h4-8,19-20H,1-3H3,(H2,17,18,21). The number of carbonyl (C=O) groups is 1. The van der Waals surface area contributed by atoms with E-state index < -0.39 is 21.8 Å². The molecule has 0 spiro atoms. The quantitative estimate of drug-likeness (QED) is 0.609. The Labute approximate surface area is 155 Å². The molecule has 0 fully saturated rings. The minimum atomic E-state index is -3.85. The molecule has 0 aliphatic carbocycles. The van der Waals surface area contributed by atoms with E-state index in [0.29, 0.717) is 10.7 Å². The van der Waals surface area contributed by atoms with Crippen LogP contribution in [0.15, 0.2) is 27.8 Å². The Hall–Kier alpha value is -1.81. The van der Waals surface area contributed by atoms with Crippen LogP contribution < -0.4 is 15.4 Å². The fraction of sp³-hybridized carbons (Fsp3) is 0.267. The van der Waals surface area contributed by atoms with Crippen molar-refractivity contribution < 1.29 is 18.3 Å². The lowest BCUT2D eigenvalue weighted by molar-refractivity contribution is 0.262. The summed E-state index contributed by atoms with van der Waals surface area (Å²) in [6.45, 7) is 5.13. The van der Waals surface area contributed by atoms with Crippen LogP contribution in [0.25, 0.3) is 0 Å². The number of rotatable bonds is 5. The van der Waals surface area contributed by atoms with E-state index in [-0.39, 0.29) is 15.9 Å². The Bertz CT molecular complexity index is 894. The maximum atomic E-state index is 12.1. The number of aryl methyl sites for hydroxylation is 1. The zero-order chi connectivity index (χ0) is 18.8. The number of thiophene rings is 1. The SMILES string of the molecule is Cc1cccc(NC(=O)Nc2csc(S(=O)(=O)NC(C)C)c2O)c1Cl. The number of sulfonamides is 1. The monoisotopic (exact) mass is 403 g/mol. The van der Waals surface area contributed by atoms with Crippen molar-refractivity contribution in [3.8, 4) is 5.75 Å². The molecule has 2 aromatic rings. The molecule has 0 saturated carbocycles. The van der Waals surface area contributed by atoms with E-state index >= 15 is 0 Å². The summed E-state index contributed by atoms with van der Waals surface area (Å²) in [5, 5.41) is 16.8. The molecule has 136 valence electrons. The van der Waals surface area contributed by atoms with E-state index in [1.807, 2.05) is 0 Å². The molecule has 10 heteroatoms. The molecule has 1 aromatic heterocycles. The fourth-order valence-corrected chi connectivity index (χ4v) is 4.67. The highest BCUT2D eigenvalue weighted by Crippen LogP contribution is 2.37. The van der Waals surface area contributed by atoms with Gasteiger partial charge >= 0.3 is 6.03 Å². The molecule has 0 radical (unpaired) electrons. The Balaban J connectivity index is 2.16. The lowest BCUT2D eigenvalue weighted by Crippen LogP contribution is -2.29. The summed E-state index contributed by atoms with van der Waals surface area (Å²) in [6, 6.07) is 4.19. The van der Waals surface area contributed by atoms with Gasteiger partial charge in [0, 0.05) is 11.4 Å². The van der Waals surface area contributed by atoms with Gasteiger partial charge in [0.15, 0.2) is 9.96 Å². The van der Waals surface area contributed by atoms with Crippen LogP contribution in [0.1, 0.15) is 19.4 Å². The molecule has 0 atom stereocenters. The second-order valence-electron chi connectivity index (χ2n) is 5.58. The number of anilines is 2. The van der Waals surface area contributed by atoms with E-state index in [1.54, 1.807) is 39.0 Å². The van der Waals surface area contributed by atoms with Crippen LogP contribution in [0.2, 0.25) is 5.02 Å². The second-order valence-corrected chi connectivity index (χ2v) is 8.74. The Morgan fingerprint density at radius 1 is 1.24 bits per heavy atom. The third kappa shape index (κ3) is 4.63. The molecule has 4 N–H and O–H groups in total. The predicted octanol–water partition coefficient (Wildman–Crippen LogP) is 3.75. The van der Waals surface area contributed by atoms with Gasteiger partial charge in [-0.05, 0) is 32.4 Å². The van der Waals surface area contributed by atoms with Crippen molar-refractivity contribution >= 4 is 50.4 Å². The lowest BCUT2D eigenvalue weighted by atomic mass is 10.2. The van der Waals surface area contributed by atoms with Crippen LogP contribution in [0, 0.1) is 6.92 Å². The molecule has 25 heavy (non-hydrogen) atoms. The molecule has 7 nitrogen and oxygen atoms in total. The number of nitrogens with one attached hydrogen (secondary N) is 3. The first kappa shape index (κ1) is 19.5. The van der Waals surface area contributed by atoms with Crippen LogP contribution in [-0.2, 0) is 10.0 Å². The van der Waals surface area contributed by atoms with E-state index in [1.165, 1.54) is 5.38 Å². The van der Waals surface area contributed by atoms with Gasteiger partial charge in [0.05, 0.1) is 16.4 Å². The number of hydrogen-bond acceptors (Lipinski definition) is 5. The number of carbonyl (C=O) groups excluding carboxylic acids is 1. The summed E-state index contributed by atoms with van der Waals surface area (Å²) in [5.41, 5.74) is 1.20. The van der Waals surface area contributed by atoms with Crippen LogP contribution in [0.4, 0.5) is 16.2 Å². The normalized spacial score (nSPS) is 11.6. The zero-order valence-corrected chi connectivity index (χ0v) is 16.1. The first-order valence-corrected chi connectivity index (χ1v) is 10.0. The first-order chi connectivity index (χ1) is 11.6. The average Bonchev–Trinajstić information content (AvgIpc) is 2.84. The Morgan fingerprint density at radius 2 is 1.88 bits per heavy atom. The highest BCUT2D eigenvalue weighted by atomic mass is 35.5. The summed E-state index contributed by atoms with van der Waals surface area (Å²) in [6.07, 6.45) is 0. The van der Waals surface area contributed by atoms with Crippen molar-refractivity contribution in [2.75, 3.05) is 10.6 Å². The van der Waals surface area contributed by atoms with Gasteiger partial charge in [-0.25, -0.2) is 17.9 Å². The maximum Gasteiger partial charge on any atom is 0.323 e. The highest BCUT2D eigenvalue weighted by molar-refractivity contribution is 7.91. The molecular weight excluding hydrogens is 386 g/mol. The van der Waals surface area contributed by atoms with Gasteiger partial charge in [0.1, 0.15) is 0 Å². The zero-order valence-electron chi connectivity index (χ0n) is 13.8. The predicted molar refractivity (Wildman–Crippen MR) is 100 cm³/mol. The van der Waals surface area contributed by atoms with Crippen molar-refractivity contribution in [3.63, 3.8) is 0 Å². The molecule has 0 unspecified atom stereocenters. The van der Waals surface area contributed by atoms with Crippen molar-refractivity contribution in [1.82, 2.24) is 4.72 Å². The van der Waals surface area contributed by atoms with Gasteiger partial charge in [-0.2, -0.15) is 0 Å². The highest BCUT2D eigenvalue weighted by Gasteiger charge is 2.25. The second kappa shape index (κ2) is 7.61. The Kier molecular flexibility index (Phi) is 5.94. The lowest BCUT2D eigenvalue weighted by Gasteiger charge is -2.10. The van der Waals surface area contributed by atoms with Crippen LogP contribution in [0.3, 0.4) is 0 Å². The van der Waals surface area contributed by atoms with Crippen molar-refractivity contribution in [2.45, 2.75) is 31.0 Å². The molecule has 0 bridgehead atoms. The fourth-order valence-electron chi connectivity index (χ4n) is 2.00. The van der Waals surface area contributed by atoms with Gasteiger partial charge in [-0.3, -0.25) is 0 Å². The van der Waals surface area contributed by atoms with Gasteiger partial charge in [-0.15, -0.1) is 11.3 Å². The van der Waals surface area contributed by atoms with Crippen molar-refractivity contribution in [3.05, 3.63) is 34.2 Å². The number of aromatic hydroxyl groups is 1. The van der Waals surface area contributed by atoms with E-state index in [0.717, 1.165) is 16.9 Å². The summed E-state index contributed by atoms with van der Waals surface area (Å²) in [4.78, 5) is 12.1. The van der Waals surface area contributed by atoms with Gasteiger partial charge in [-0.1, -0.05) is 23.7 Å². The number of benzene rings is 1. The summed E-state index contributed by atoms with van der Waals surface area (Å²) in [5.74, 6) is -0.511. The average molecular weight is 404 g/mol. The van der Waals surface area contributed by atoms with Crippen molar-refractivity contribution in [2.24, 2.45) is 0 Å².